The predicted molar refractivity (Wildman–Crippen MR) is 40.8 cm³/mol. The van der Waals surface area contributed by atoms with Gasteiger partial charge in [0, 0.05) is 44.7 Å². The minimum atomic E-state index is 0. The summed E-state index contributed by atoms with van der Waals surface area (Å²) in [5, 5.41) is 4.00. The van der Waals surface area contributed by atoms with Gasteiger partial charge in [-0.2, -0.15) is 5.10 Å². The second kappa shape index (κ2) is 6.75. The first-order valence-electron chi connectivity index (χ1n) is 2.92. The second-order valence-electron chi connectivity index (χ2n) is 1.97. The maximum atomic E-state index is 4.09. The molecule has 0 bridgehead atoms. The quantitative estimate of drug-likeness (QED) is 0.589. The van der Waals surface area contributed by atoms with Gasteiger partial charge in [0.25, 0.3) is 0 Å². The van der Waals surface area contributed by atoms with E-state index in [9.17, 15) is 0 Å². The SMILES string of the molecule is Cc1nc2ccn[c-]n2n1.[CH3-].[W+2].[Y]. The second-order valence-corrected chi connectivity index (χ2v) is 1.97. The average molecular weight is 421 g/mol. The molecule has 0 aliphatic rings. The van der Waals surface area contributed by atoms with Gasteiger partial charge in [-0.05, 0) is 6.92 Å². The van der Waals surface area contributed by atoms with E-state index in [0.717, 1.165) is 11.5 Å². The number of hydrogen-bond acceptors (Lipinski definition) is 3. The van der Waals surface area contributed by atoms with Crippen LogP contribution in [-0.2, 0) is 53.8 Å². The largest absolute Gasteiger partial charge is 2.00 e. The molecule has 0 amide bonds. The first-order chi connectivity index (χ1) is 4.86. The van der Waals surface area contributed by atoms with E-state index in [0.29, 0.717) is 0 Å². The molecule has 2 aromatic heterocycles. The van der Waals surface area contributed by atoms with Crippen LogP contribution < -0.4 is 0 Å². The molecule has 0 saturated carbocycles. The predicted octanol–water partition coefficient (Wildman–Crippen LogP) is 0.678. The fourth-order valence-corrected chi connectivity index (χ4v) is 0.805. The van der Waals surface area contributed by atoms with Crippen molar-refractivity contribution in [2.24, 2.45) is 0 Å². The summed E-state index contributed by atoms with van der Waals surface area (Å²) < 4.78 is 1.52. The van der Waals surface area contributed by atoms with E-state index in [-0.39, 0.29) is 61.2 Å². The van der Waals surface area contributed by atoms with Gasteiger partial charge in [-0.1, -0.05) is 6.20 Å². The van der Waals surface area contributed by atoms with Crippen LogP contribution >= 0.6 is 0 Å². The fraction of sp³-hybridized carbons (Fsp3) is 0.143. The van der Waals surface area contributed by atoms with Gasteiger partial charge >= 0.3 is 21.1 Å². The van der Waals surface area contributed by atoms with Crippen LogP contribution in [0.3, 0.4) is 0 Å². The van der Waals surface area contributed by atoms with Crippen molar-refractivity contribution in [3.8, 4) is 0 Å². The summed E-state index contributed by atoms with van der Waals surface area (Å²) in [7, 11) is 0. The molecule has 0 N–H and O–H groups in total. The Balaban J connectivity index is 0. The maximum absolute atomic E-state index is 4.09. The minimum absolute atomic E-state index is 0. The van der Waals surface area contributed by atoms with Gasteiger partial charge < -0.3 is 16.9 Å². The topological polar surface area (TPSA) is 43.1 Å². The van der Waals surface area contributed by atoms with Crippen molar-refractivity contribution in [3.05, 3.63) is 31.8 Å². The van der Waals surface area contributed by atoms with Crippen molar-refractivity contribution < 1.29 is 53.8 Å². The van der Waals surface area contributed by atoms with Crippen LogP contribution in [0.4, 0.5) is 0 Å². The fourth-order valence-electron chi connectivity index (χ4n) is 0.805. The van der Waals surface area contributed by atoms with Gasteiger partial charge in [0.05, 0.1) is 0 Å². The smallest absolute Gasteiger partial charge is 0.374 e. The van der Waals surface area contributed by atoms with Crippen LogP contribution in [0.1, 0.15) is 5.82 Å². The van der Waals surface area contributed by atoms with Crippen LogP contribution in [-0.4, -0.2) is 19.6 Å². The zero-order valence-corrected chi connectivity index (χ0v) is 13.2. The summed E-state index contributed by atoms with van der Waals surface area (Å²) in [4.78, 5) is 7.86. The third kappa shape index (κ3) is 3.53. The summed E-state index contributed by atoms with van der Waals surface area (Å²) in [5.74, 6) is 0.740. The number of rotatable bonds is 0. The van der Waals surface area contributed by atoms with Crippen molar-refractivity contribution in [1.82, 2.24) is 19.6 Å². The Kier molecular flexibility index (Phi) is 8.20. The Bertz CT molecular complexity index is 329. The molecule has 4 nitrogen and oxygen atoms in total. The molecule has 13 heavy (non-hydrogen) atoms. The molecular formula is C7H8N4WY. The first-order valence-corrected chi connectivity index (χ1v) is 2.92. The van der Waals surface area contributed by atoms with Crippen molar-refractivity contribution >= 4 is 5.65 Å². The molecule has 2 heterocycles. The molecule has 1 radical (unpaired) electrons. The molecule has 6 heteroatoms. The molecule has 2 aromatic rings. The Labute approximate surface area is 117 Å². The summed E-state index contributed by atoms with van der Waals surface area (Å²) in [5.41, 5.74) is 0.785. The Hall–Kier alpha value is 0.342. The van der Waals surface area contributed by atoms with Crippen LogP contribution in [0.2, 0.25) is 0 Å². The van der Waals surface area contributed by atoms with Crippen molar-refractivity contribution in [2.45, 2.75) is 6.92 Å². The van der Waals surface area contributed by atoms with Crippen LogP contribution in [0.25, 0.3) is 5.65 Å². The molecule has 65 valence electrons. The molecule has 0 atom stereocenters. The summed E-state index contributed by atoms with van der Waals surface area (Å²) in [6, 6.07) is 1.79. The molecule has 0 aliphatic heterocycles. The zero-order chi connectivity index (χ0) is 6.97. The summed E-state index contributed by atoms with van der Waals surface area (Å²) in [6.07, 6.45) is 4.31. The molecular weight excluding hydrogens is 413 g/mol. The normalized spacial score (nSPS) is 8.08. The van der Waals surface area contributed by atoms with Crippen LogP contribution in [0, 0.1) is 20.7 Å². The van der Waals surface area contributed by atoms with Gasteiger partial charge in [-0.15, -0.1) is 6.07 Å². The first kappa shape index (κ1) is 15.8. The molecule has 0 unspecified atom stereocenters. The molecule has 0 spiro atoms. The van der Waals surface area contributed by atoms with E-state index in [1.165, 1.54) is 4.52 Å². The number of aromatic nitrogens is 4. The Morgan fingerprint density at radius 1 is 1.46 bits per heavy atom. The number of aryl methyl sites for hydroxylation is 1. The van der Waals surface area contributed by atoms with E-state index >= 15 is 0 Å². The van der Waals surface area contributed by atoms with Gasteiger partial charge in [-0.3, -0.25) is 4.98 Å². The van der Waals surface area contributed by atoms with E-state index in [1.807, 2.05) is 6.92 Å². The van der Waals surface area contributed by atoms with E-state index in [1.54, 1.807) is 12.3 Å². The van der Waals surface area contributed by atoms with Crippen molar-refractivity contribution in [3.63, 3.8) is 0 Å². The molecule has 2 rings (SSSR count). The zero-order valence-electron chi connectivity index (χ0n) is 7.43. The van der Waals surface area contributed by atoms with E-state index in [4.69, 9.17) is 0 Å². The molecule has 0 aromatic carbocycles. The van der Waals surface area contributed by atoms with Gasteiger partial charge in [0.1, 0.15) is 5.82 Å². The minimum Gasteiger partial charge on any atom is -0.374 e. The number of fused-ring (bicyclic) bond motifs is 1. The summed E-state index contributed by atoms with van der Waals surface area (Å²) in [6.45, 7) is 1.83. The van der Waals surface area contributed by atoms with E-state index in [2.05, 4.69) is 21.4 Å². The summed E-state index contributed by atoms with van der Waals surface area (Å²) >= 11 is 0. The Morgan fingerprint density at radius 2 is 2.15 bits per heavy atom. The molecule has 0 saturated heterocycles. The third-order valence-electron chi connectivity index (χ3n) is 1.19. The Morgan fingerprint density at radius 3 is 2.77 bits per heavy atom. The molecule has 0 fully saturated rings. The number of hydrogen-bond donors (Lipinski definition) is 0. The van der Waals surface area contributed by atoms with Crippen LogP contribution in [0.5, 0.6) is 0 Å². The number of nitrogens with zero attached hydrogens (tertiary/aromatic N) is 4. The average Bonchev–Trinajstić information content (AvgIpc) is 2.27. The van der Waals surface area contributed by atoms with Gasteiger partial charge in [0.2, 0.25) is 0 Å². The standard InChI is InChI=1S/C6H5N4.CH3.W.Y/c1-5-8-6-2-3-7-4-10(6)9-5;;;/h2-3H,1H3;1H3;;/q2*-1;+2;. The van der Waals surface area contributed by atoms with Crippen molar-refractivity contribution in [2.75, 3.05) is 0 Å². The van der Waals surface area contributed by atoms with E-state index < -0.39 is 0 Å². The maximum Gasteiger partial charge on any atom is 2.00 e. The van der Waals surface area contributed by atoms with Gasteiger partial charge in [-0.25, -0.2) is 0 Å². The monoisotopic (exact) mass is 421 g/mol. The van der Waals surface area contributed by atoms with Gasteiger partial charge in [0.15, 0.2) is 0 Å². The molecule has 0 aliphatic carbocycles. The van der Waals surface area contributed by atoms with Crippen LogP contribution in [0.15, 0.2) is 12.3 Å². The third-order valence-corrected chi connectivity index (χ3v) is 1.19. The van der Waals surface area contributed by atoms with Crippen molar-refractivity contribution in [1.29, 1.82) is 0 Å².